The van der Waals surface area contributed by atoms with Gasteiger partial charge in [-0.3, -0.25) is 10.1 Å². The molecule has 0 amide bonds. The van der Waals surface area contributed by atoms with Gasteiger partial charge in [0.25, 0.3) is 5.69 Å². The number of nitrogens with two attached hydrogens (primary N) is 1. The van der Waals surface area contributed by atoms with Crippen LogP contribution in [0.4, 0.5) is 11.5 Å². The molecule has 2 aromatic rings. The first kappa shape index (κ1) is 14.6. The molecular weight excluding hydrogens is 398 g/mol. The maximum atomic E-state index is 10.8. The van der Waals surface area contributed by atoms with Crippen LogP contribution in [0, 0.1) is 10.1 Å². The van der Waals surface area contributed by atoms with E-state index >= 15 is 0 Å². The van der Waals surface area contributed by atoms with Crippen LogP contribution in [0.25, 0.3) is 0 Å². The van der Waals surface area contributed by atoms with Gasteiger partial charge in [0.1, 0.15) is 16.5 Å². The van der Waals surface area contributed by atoms with Gasteiger partial charge < -0.3 is 10.2 Å². The molecule has 0 bridgehead atoms. The van der Waals surface area contributed by atoms with Crippen molar-refractivity contribution in [3.63, 3.8) is 0 Å². The van der Waals surface area contributed by atoms with Gasteiger partial charge in [-0.1, -0.05) is 15.9 Å². The highest BCUT2D eigenvalue weighted by molar-refractivity contribution is 9.11. The Kier molecular flexibility index (Phi) is 4.47. The predicted octanol–water partition coefficient (Wildman–Crippen LogP) is 2.99. The number of nitrogens with one attached hydrogen (secondary N) is 1. The first-order chi connectivity index (χ1) is 9.51. The number of benzene rings is 1. The number of halogens is 2. The fraction of sp³-hybridized carbons (Fsp3) is 0. The molecule has 1 heterocycles. The van der Waals surface area contributed by atoms with Crippen LogP contribution in [-0.2, 0) is 0 Å². The third-order valence-electron chi connectivity index (χ3n) is 2.18. The summed E-state index contributed by atoms with van der Waals surface area (Å²) in [5, 5.41) is 10.8. The molecule has 0 atom stereocenters. The van der Waals surface area contributed by atoms with Crippen LogP contribution in [0.2, 0.25) is 0 Å². The second-order valence-corrected chi connectivity index (χ2v) is 5.20. The Labute approximate surface area is 129 Å². The highest BCUT2D eigenvalue weighted by Crippen LogP contribution is 2.34. The molecule has 0 fully saturated rings. The van der Waals surface area contributed by atoms with E-state index in [9.17, 15) is 10.1 Å². The smallest absolute Gasteiger partial charge is 0.274 e. The fourth-order valence-electron chi connectivity index (χ4n) is 1.35. The van der Waals surface area contributed by atoms with Crippen LogP contribution in [0.5, 0.6) is 11.6 Å². The molecule has 0 saturated heterocycles. The lowest BCUT2D eigenvalue weighted by Gasteiger charge is -2.09. The van der Waals surface area contributed by atoms with Crippen LogP contribution in [0.1, 0.15) is 0 Å². The quantitative estimate of drug-likeness (QED) is 0.457. The number of nitro benzene ring substituents is 1. The number of anilines is 1. The molecule has 0 aliphatic rings. The fourth-order valence-corrected chi connectivity index (χ4v) is 2.21. The SMILES string of the molecule is NNc1ncnc(Oc2cc(Br)cc([N+](=O)[O-])c2)c1Br. The number of aromatic nitrogens is 2. The zero-order chi connectivity index (χ0) is 14.7. The molecule has 1 aromatic heterocycles. The van der Waals surface area contributed by atoms with E-state index in [0.29, 0.717) is 14.8 Å². The van der Waals surface area contributed by atoms with Crippen molar-refractivity contribution in [1.82, 2.24) is 9.97 Å². The minimum absolute atomic E-state index is 0.100. The van der Waals surface area contributed by atoms with E-state index in [2.05, 4.69) is 47.3 Å². The average Bonchev–Trinajstić information content (AvgIpc) is 2.40. The van der Waals surface area contributed by atoms with E-state index in [1.165, 1.54) is 18.5 Å². The summed E-state index contributed by atoms with van der Waals surface area (Å²) in [6.07, 6.45) is 1.25. The topological polar surface area (TPSA) is 116 Å². The molecule has 0 saturated carbocycles. The minimum Gasteiger partial charge on any atom is -0.437 e. The summed E-state index contributed by atoms with van der Waals surface area (Å²) in [6, 6.07) is 4.24. The van der Waals surface area contributed by atoms with Gasteiger partial charge in [-0.15, -0.1) is 0 Å². The number of hydrogen-bond acceptors (Lipinski definition) is 7. The molecule has 0 spiro atoms. The zero-order valence-electron chi connectivity index (χ0n) is 9.71. The zero-order valence-corrected chi connectivity index (χ0v) is 12.9. The number of rotatable bonds is 4. The Morgan fingerprint density at radius 2 is 2.05 bits per heavy atom. The van der Waals surface area contributed by atoms with Crippen molar-refractivity contribution in [2.45, 2.75) is 0 Å². The summed E-state index contributed by atoms with van der Waals surface area (Å²) in [5.41, 5.74) is 2.27. The van der Waals surface area contributed by atoms with Gasteiger partial charge in [0.15, 0.2) is 5.82 Å². The number of non-ortho nitro benzene ring substituents is 1. The van der Waals surface area contributed by atoms with Crippen LogP contribution in [-0.4, -0.2) is 14.9 Å². The molecule has 20 heavy (non-hydrogen) atoms. The van der Waals surface area contributed by atoms with E-state index in [1.807, 2.05) is 0 Å². The molecule has 3 N–H and O–H groups in total. The van der Waals surface area contributed by atoms with Gasteiger partial charge in [0.05, 0.1) is 11.0 Å². The highest BCUT2D eigenvalue weighted by atomic mass is 79.9. The van der Waals surface area contributed by atoms with Crippen molar-refractivity contribution in [3.8, 4) is 11.6 Å². The average molecular weight is 405 g/mol. The number of ether oxygens (including phenoxy) is 1. The van der Waals surface area contributed by atoms with Crippen molar-refractivity contribution in [2.24, 2.45) is 5.84 Å². The Balaban J connectivity index is 2.37. The van der Waals surface area contributed by atoms with Crippen molar-refractivity contribution in [2.75, 3.05) is 5.43 Å². The van der Waals surface area contributed by atoms with Crippen molar-refractivity contribution in [1.29, 1.82) is 0 Å². The van der Waals surface area contributed by atoms with E-state index in [4.69, 9.17) is 10.6 Å². The maximum Gasteiger partial charge on any atom is 0.274 e. The number of hydrazine groups is 1. The molecule has 8 nitrogen and oxygen atoms in total. The van der Waals surface area contributed by atoms with Gasteiger partial charge in [0.2, 0.25) is 5.88 Å². The number of nitrogens with zero attached hydrogens (tertiary/aromatic N) is 3. The Bertz CT molecular complexity index is 667. The van der Waals surface area contributed by atoms with Gasteiger partial charge >= 0.3 is 0 Å². The third-order valence-corrected chi connectivity index (χ3v) is 3.35. The molecule has 10 heteroatoms. The third kappa shape index (κ3) is 3.21. The summed E-state index contributed by atoms with van der Waals surface area (Å²) >= 11 is 6.41. The van der Waals surface area contributed by atoms with Crippen LogP contribution < -0.4 is 16.0 Å². The van der Waals surface area contributed by atoms with E-state index in [0.717, 1.165) is 0 Å². The van der Waals surface area contributed by atoms with Crippen molar-refractivity contribution < 1.29 is 9.66 Å². The lowest BCUT2D eigenvalue weighted by Crippen LogP contribution is -2.09. The van der Waals surface area contributed by atoms with E-state index < -0.39 is 4.92 Å². The summed E-state index contributed by atoms with van der Waals surface area (Å²) in [4.78, 5) is 18.1. The van der Waals surface area contributed by atoms with Gasteiger partial charge in [-0.25, -0.2) is 15.8 Å². The molecule has 0 radical (unpaired) electrons. The predicted molar refractivity (Wildman–Crippen MR) is 78.4 cm³/mol. The number of nitrogen functional groups attached to an aromatic ring is 1. The minimum atomic E-state index is -0.514. The van der Waals surface area contributed by atoms with Gasteiger partial charge in [-0.05, 0) is 22.0 Å². The highest BCUT2D eigenvalue weighted by Gasteiger charge is 2.14. The molecule has 0 aliphatic carbocycles. The van der Waals surface area contributed by atoms with E-state index in [-0.39, 0.29) is 17.3 Å². The van der Waals surface area contributed by atoms with Crippen LogP contribution in [0.15, 0.2) is 33.5 Å². The molecular formula is C10H7Br2N5O3. The lowest BCUT2D eigenvalue weighted by atomic mass is 10.3. The van der Waals surface area contributed by atoms with Crippen molar-refractivity contribution >= 4 is 43.4 Å². The van der Waals surface area contributed by atoms with Crippen molar-refractivity contribution in [3.05, 3.63) is 43.6 Å². The second kappa shape index (κ2) is 6.11. The Morgan fingerprint density at radius 3 is 2.70 bits per heavy atom. The summed E-state index contributed by atoms with van der Waals surface area (Å²) in [5.74, 6) is 6.05. The number of nitro groups is 1. The second-order valence-electron chi connectivity index (χ2n) is 3.49. The lowest BCUT2D eigenvalue weighted by molar-refractivity contribution is -0.385. The Morgan fingerprint density at radius 1 is 1.30 bits per heavy atom. The van der Waals surface area contributed by atoms with Crippen LogP contribution >= 0.6 is 31.9 Å². The van der Waals surface area contributed by atoms with Gasteiger partial charge in [-0.2, -0.15) is 0 Å². The number of hydrogen-bond donors (Lipinski definition) is 2. The first-order valence-electron chi connectivity index (χ1n) is 5.11. The molecule has 0 unspecified atom stereocenters. The maximum absolute atomic E-state index is 10.8. The van der Waals surface area contributed by atoms with Gasteiger partial charge in [0, 0.05) is 10.5 Å². The Hall–Kier alpha value is -1.78. The largest absolute Gasteiger partial charge is 0.437 e. The monoisotopic (exact) mass is 403 g/mol. The molecule has 104 valence electrons. The summed E-state index contributed by atoms with van der Waals surface area (Å²) in [6.45, 7) is 0. The normalized spacial score (nSPS) is 10.2. The standard InChI is InChI=1S/C10H7Br2N5O3/c11-5-1-6(17(18)19)3-7(2-5)20-10-8(12)9(16-13)14-4-15-10/h1-4H,13H2,(H,14,15,16). The molecule has 1 aromatic carbocycles. The molecule has 0 aliphatic heterocycles. The first-order valence-corrected chi connectivity index (χ1v) is 6.70. The summed E-state index contributed by atoms with van der Waals surface area (Å²) < 4.78 is 6.42. The molecule has 2 rings (SSSR count). The van der Waals surface area contributed by atoms with Crippen LogP contribution in [0.3, 0.4) is 0 Å². The van der Waals surface area contributed by atoms with E-state index in [1.54, 1.807) is 6.07 Å². The summed E-state index contributed by atoms with van der Waals surface area (Å²) in [7, 11) is 0.